The summed E-state index contributed by atoms with van der Waals surface area (Å²) >= 11 is 0. The highest BCUT2D eigenvalue weighted by atomic mass is 16.5. The van der Waals surface area contributed by atoms with Crippen LogP contribution in [0.25, 0.3) is 22.0 Å². The van der Waals surface area contributed by atoms with E-state index >= 15 is 0 Å². The molecule has 8 heteroatoms. The van der Waals surface area contributed by atoms with E-state index in [1.54, 1.807) is 0 Å². The molecule has 0 aliphatic carbocycles. The third-order valence-electron chi connectivity index (χ3n) is 8.23. The van der Waals surface area contributed by atoms with Crippen molar-refractivity contribution < 1.29 is 14.6 Å². The van der Waals surface area contributed by atoms with Gasteiger partial charge in [-0.05, 0) is 83.8 Å². The SMILES string of the molecule is Cc1ccc(-c2c([C@H](OC(C)(C)C)C(=O)O)c(C)c3c4c2cc(C)n4CCN3c2ncc(CN3CCC3)cn2)cc1. The molecule has 0 spiro atoms. The molecule has 8 nitrogen and oxygen atoms in total. The molecular weight excluding hydrogens is 514 g/mol. The summed E-state index contributed by atoms with van der Waals surface area (Å²) in [6, 6.07) is 10.5. The number of aromatic nitrogens is 3. The molecule has 41 heavy (non-hydrogen) atoms. The van der Waals surface area contributed by atoms with Crippen molar-refractivity contribution in [3.8, 4) is 11.1 Å². The molecule has 0 unspecified atom stereocenters. The lowest BCUT2D eigenvalue weighted by molar-refractivity contribution is -0.160. The highest BCUT2D eigenvalue weighted by Crippen LogP contribution is 2.49. The first-order chi connectivity index (χ1) is 19.5. The normalized spacial score (nSPS) is 16.2. The number of aryl methyl sites for hydroxylation is 2. The molecule has 2 aliphatic rings. The maximum atomic E-state index is 12.9. The molecule has 2 aromatic heterocycles. The molecule has 1 saturated heterocycles. The Hall–Kier alpha value is -3.75. The Kier molecular flexibility index (Phi) is 6.86. The number of carboxylic acid groups (broad SMARTS) is 1. The van der Waals surface area contributed by atoms with Crippen molar-refractivity contribution in [1.82, 2.24) is 19.4 Å². The Balaban J connectivity index is 1.59. The summed E-state index contributed by atoms with van der Waals surface area (Å²) in [4.78, 5) is 27.1. The lowest BCUT2D eigenvalue weighted by Crippen LogP contribution is -2.36. The van der Waals surface area contributed by atoms with E-state index in [1.807, 2.05) is 40.1 Å². The molecule has 0 saturated carbocycles. The van der Waals surface area contributed by atoms with Crippen LogP contribution in [-0.2, 0) is 22.6 Å². The highest BCUT2D eigenvalue weighted by Gasteiger charge is 2.36. The van der Waals surface area contributed by atoms with Crippen molar-refractivity contribution in [3.63, 3.8) is 0 Å². The molecular formula is C33H39N5O3. The van der Waals surface area contributed by atoms with Gasteiger partial charge in [0.1, 0.15) is 0 Å². The average Bonchev–Trinajstić information content (AvgIpc) is 3.23. The zero-order valence-electron chi connectivity index (χ0n) is 24.9. The van der Waals surface area contributed by atoms with Crippen molar-refractivity contribution in [2.75, 3.05) is 24.5 Å². The van der Waals surface area contributed by atoms with Crippen molar-refractivity contribution >= 4 is 28.5 Å². The topological polar surface area (TPSA) is 83.7 Å². The Morgan fingerprint density at radius 1 is 1.02 bits per heavy atom. The van der Waals surface area contributed by atoms with Gasteiger partial charge in [0.25, 0.3) is 0 Å². The number of aliphatic carboxylic acids is 1. The standard InChI is InChI=1S/C33H39N5O3/c1-20-8-10-24(11-9-20)27-25-16-21(2)37-14-15-38(32-34-17-23(18-35-32)19-36-12-7-13-36)28(29(25)37)22(3)26(27)30(31(39)40)41-33(4,5)6/h8-11,16-18,30H,7,12-15,19H2,1-6H3,(H,39,40)/t30-/m0/s1. The van der Waals surface area contributed by atoms with Crippen molar-refractivity contribution in [3.05, 3.63) is 70.7 Å². The molecule has 4 heterocycles. The van der Waals surface area contributed by atoms with Gasteiger partial charge in [-0.3, -0.25) is 4.90 Å². The predicted molar refractivity (Wildman–Crippen MR) is 162 cm³/mol. The first-order valence-corrected chi connectivity index (χ1v) is 14.5. The van der Waals surface area contributed by atoms with E-state index in [2.05, 4.69) is 58.5 Å². The van der Waals surface area contributed by atoms with Crippen LogP contribution in [0.1, 0.15) is 61.2 Å². The molecule has 214 valence electrons. The van der Waals surface area contributed by atoms with Crippen molar-refractivity contribution in [2.24, 2.45) is 0 Å². The second kappa shape index (κ2) is 10.3. The minimum absolute atomic E-state index is 0.629. The Morgan fingerprint density at radius 2 is 1.71 bits per heavy atom. The van der Waals surface area contributed by atoms with Crippen molar-refractivity contribution in [2.45, 2.75) is 72.8 Å². The Morgan fingerprint density at radius 3 is 2.29 bits per heavy atom. The van der Waals surface area contributed by atoms with Gasteiger partial charge in [-0.1, -0.05) is 29.8 Å². The number of likely N-dealkylation sites (tertiary alicyclic amines) is 1. The van der Waals surface area contributed by atoms with Crippen molar-refractivity contribution in [1.29, 1.82) is 0 Å². The van der Waals surface area contributed by atoms with Gasteiger partial charge in [0.15, 0.2) is 6.10 Å². The molecule has 0 radical (unpaired) electrons. The van der Waals surface area contributed by atoms with Crippen LogP contribution in [0.5, 0.6) is 0 Å². The summed E-state index contributed by atoms with van der Waals surface area (Å²) in [7, 11) is 0. The first-order valence-electron chi connectivity index (χ1n) is 14.5. The summed E-state index contributed by atoms with van der Waals surface area (Å²) in [6.45, 7) is 16.5. The summed E-state index contributed by atoms with van der Waals surface area (Å²) in [5.41, 5.74) is 8.20. The average molecular weight is 554 g/mol. The van der Waals surface area contributed by atoms with E-state index < -0.39 is 17.7 Å². The van der Waals surface area contributed by atoms with Gasteiger partial charge in [-0.25, -0.2) is 14.8 Å². The van der Waals surface area contributed by atoms with Gasteiger partial charge in [-0.2, -0.15) is 0 Å². The molecule has 0 amide bonds. The number of nitrogens with zero attached hydrogens (tertiary/aromatic N) is 5. The minimum Gasteiger partial charge on any atom is -0.479 e. The Labute approximate surface area is 241 Å². The quantitative estimate of drug-likeness (QED) is 0.287. The zero-order valence-corrected chi connectivity index (χ0v) is 24.9. The number of anilines is 2. The molecule has 1 atom stereocenters. The third-order valence-corrected chi connectivity index (χ3v) is 8.23. The van der Waals surface area contributed by atoms with Crippen LogP contribution in [0.3, 0.4) is 0 Å². The van der Waals surface area contributed by atoms with E-state index in [1.165, 1.54) is 6.42 Å². The van der Waals surface area contributed by atoms with Gasteiger partial charge in [0, 0.05) is 54.2 Å². The van der Waals surface area contributed by atoms with E-state index in [4.69, 9.17) is 14.7 Å². The number of carbonyl (C=O) groups is 1. The number of benzene rings is 2. The van der Waals surface area contributed by atoms with Crippen LogP contribution < -0.4 is 4.90 Å². The fourth-order valence-electron chi connectivity index (χ4n) is 6.20. The van der Waals surface area contributed by atoms with Gasteiger partial charge < -0.3 is 19.3 Å². The molecule has 1 fully saturated rings. The smallest absolute Gasteiger partial charge is 0.337 e. The van der Waals surface area contributed by atoms with Gasteiger partial charge in [-0.15, -0.1) is 0 Å². The van der Waals surface area contributed by atoms with E-state index in [0.29, 0.717) is 18.1 Å². The van der Waals surface area contributed by atoms with E-state index in [0.717, 1.165) is 76.3 Å². The maximum Gasteiger partial charge on any atom is 0.337 e. The summed E-state index contributed by atoms with van der Waals surface area (Å²) in [5, 5.41) is 11.6. The number of carboxylic acids is 1. The molecule has 6 rings (SSSR count). The maximum absolute atomic E-state index is 12.9. The van der Waals surface area contributed by atoms with E-state index in [9.17, 15) is 9.90 Å². The highest BCUT2D eigenvalue weighted by molar-refractivity contribution is 6.08. The van der Waals surface area contributed by atoms with Crippen LogP contribution in [-0.4, -0.2) is 55.7 Å². The van der Waals surface area contributed by atoms with Gasteiger partial charge >= 0.3 is 5.97 Å². The predicted octanol–water partition coefficient (Wildman–Crippen LogP) is 6.32. The lowest BCUT2D eigenvalue weighted by atomic mass is 9.87. The van der Waals surface area contributed by atoms with Crippen LogP contribution in [0.15, 0.2) is 42.7 Å². The largest absolute Gasteiger partial charge is 0.479 e. The number of hydrogen-bond acceptors (Lipinski definition) is 6. The minimum atomic E-state index is -1.15. The van der Waals surface area contributed by atoms with Crippen LogP contribution in [0.2, 0.25) is 0 Å². The number of hydrogen-bond donors (Lipinski definition) is 1. The second-order valence-corrected chi connectivity index (χ2v) is 12.4. The van der Waals surface area contributed by atoms with Crippen LogP contribution >= 0.6 is 0 Å². The number of ether oxygens (including phenoxy) is 1. The fourth-order valence-corrected chi connectivity index (χ4v) is 6.20. The molecule has 1 N–H and O–H groups in total. The second-order valence-electron chi connectivity index (χ2n) is 12.4. The summed E-state index contributed by atoms with van der Waals surface area (Å²) in [5.74, 6) is -0.377. The van der Waals surface area contributed by atoms with Crippen LogP contribution in [0.4, 0.5) is 11.6 Å². The summed E-state index contributed by atoms with van der Waals surface area (Å²) in [6.07, 6.45) is 3.95. The van der Waals surface area contributed by atoms with E-state index in [-0.39, 0.29) is 0 Å². The Bertz CT molecular complexity index is 1610. The molecule has 0 bridgehead atoms. The zero-order chi connectivity index (χ0) is 29.1. The summed E-state index contributed by atoms with van der Waals surface area (Å²) < 4.78 is 8.65. The number of rotatable bonds is 7. The fraction of sp³-hybridized carbons (Fsp3) is 0.424. The molecule has 2 aliphatic heterocycles. The monoisotopic (exact) mass is 553 g/mol. The third kappa shape index (κ3) is 5.00. The molecule has 4 aromatic rings. The lowest BCUT2D eigenvalue weighted by Gasteiger charge is -2.35. The van der Waals surface area contributed by atoms with Gasteiger partial charge in [0.2, 0.25) is 5.95 Å². The molecule has 2 aromatic carbocycles. The van der Waals surface area contributed by atoms with Gasteiger partial charge in [0.05, 0.1) is 16.8 Å². The van der Waals surface area contributed by atoms with Crippen LogP contribution in [0, 0.1) is 20.8 Å². The first kappa shape index (κ1) is 27.4.